The second kappa shape index (κ2) is 5.88. The molecule has 0 aromatic carbocycles. The van der Waals surface area contributed by atoms with Crippen LogP contribution in [-0.2, 0) is 17.9 Å². The van der Waals surface area contributed by atoms with Crippen LogP contribution in [0.15, 0.2) is 24.5 Å². The number of rotatable bonds is 3. The molecule has 0 saturated heterocycles. The van der Waals surface area contributed by atoms with Crippen LogP contribution in [0.5, 0.6) is 0 Å². The summed E-state index contributed by atoms with van der Waals surface area (Å²) < 4.78 is 7.33. The minimum atomic E-state index is -0.0741. The summed E-state index contributed by atoms with van der Waals surface area (Å²) in [5, 5.41) is 0. The van der Waals surface area contributed by atoms with Crippen molar-refractivity contribution in [2.45, 2.75) is 33.0 Å². The van der Waals surface area contributed by atoms with Gasteiger partial charge in [-0.1, -0.05) is 6.07 Å². The highest BCUT2D eigenvalue weighted by molar-refractivity contribution is 5.92. The third-order valence-corrected chi connectivity index (χ3v) is 4.06. The molecule has 2 aromatic rings. The van der Waals surface area contributed by atoms with Crippen molar-refractivity contribution in [1.29, 1.82) is 0 Å². The number of amides is 1. The summed E-state index contributed by atoms with van der Waals surface area (Å²) in [7, 11) is 1.67. The van der Waals surface area contributed by atoms with Gasteiger partial charge in [0.15, 0.2) is 0 Å². The summed E-state index contributed by atoms with van der Waals surface area (Å²) >= 11 is 0. The molecule has 0 spiro atoms. The first-order valence-electron chi connectivity index (χ1n) is 7.38. The van der Waals surface area contributed by atoms with E-state index in [1.165, 1.54) is 0 Å². The molecule has 22 heavy (non-hydrogen) atoms. The maximum absolute atomic E-state index is 12.7. The highest BCUT2D eigenvalue weighted by Gasteiger charge is 2.31. The van der Waals surface area contributed by atoms with Gasteiger partial charge in [-0.2, -0.15) is 0 Å². The van der Waals surface area contributed by atoms with E-state index in [2.05, 4.69) is 14.5 Å². The van der Waals surface area contributed by atoms with Gasteiger partial charge in [0.25, 0.3) is 5.91 Å². The van der Waals surface area contributed by atoms with Crippen LogP contribution in [0.2, 0.25) is 0 Å². The predicted octanol–water partition coefficient (Wildman–Crippen LogP) is 1.95. The van der Waals surface area contributed by atoms with Crippen LogP contribution in [0.25, 0.3) is 0 Å². The van der Waals surface area contributed by atoms with E-state index < -0.39 is 0 Å². The molecule has 0 saturated carbocycles. The molecule has 0 aliphatic carbocycles. The summed E-state index contributed by atoms with van der Waals surface area (Å²) in [6, 6.07) is 3.61. The molecule has 1 amide bonds. The van der Waals surface area contributed by atoms with E-state index in [0.717, 1.165) is 23.6 Å². The molecule has 0 N–H and O–H groups in total. The number of hydrogen-bond acceptors (Lipinski definition) is 4. The Morgan fingerprint density at radius 3 is 2.82 bits per heavy atom. The second-order valence-corrected chi connectivity index (χ2v) is 5.59. The predicted molar refractivity (Wildman–Crippen MR) is 81.4 cm³/mol. The van der Waals surface area contributed by atoms with Crippen LogP contribution in [0.4, 0.5) is 0 Å². The molecule has 2 aromatic heterocycles. The third-order valence-electron chi connectivity index (χ3n) is 4.06. The Morgan fingerprint density at radius 2 is 2.14 bits per heavy atom. The highest BCUT2D eigenvalue weighted by atomic mass is 16.5. The van der Waals surface area contributed by atoms with Crippen molar-refractivity contribution < 1.29 is 9.53 Å². The van der Waals surface area contributed by atoms with Gasteiger partial charge in [-0.3, -0.25) is 9.78 Å². The molecule has 1 aliphatic rings. The molecule has 3 rings (SSSR count). The number of imidazole rings is 1. The minimum absolute atomic E-state index is 0.0463. The molecule has 116 valence electrons. The molecule has 0 unspecified atom stereocenters. The molecule has 3 heterocycles. The monoisotopic (exact) mass is 300 g/mol. The highest BCUT2D eigenvalue weighted by Crippen LogP contribution is 2.26. The molecule has 0 radical (unpaired) electrons. The Kier molecular flexibility index (Phi) is 3.94. The van der Waals surface area contributed by atoms with Crippen molar-refractivity contribution in [3.8, 4) is 0 Å². The maximum atomic E-state index is 12.7. The van der Waals surface area contributed by atoms with E-state index in [1.54, 1.807) is 19.4 Å². The number of aromatic nitrogens is 3. The first kappa shape index (κ1) is 14.7. The zero-order valence-electron chi connectivity index (χ0n) is 13.1. The van der Waals surface area contributed by atoms with Gasteiger partial charge in [0.2, 0.25) is 0 Å². The van der Waals surface area contributed by atoms with Gasteiger partial charge >= 0.3 is 0 Å². The molecule has 1 aliphatic heterocycles. The van der Waals surface area contributed by atoms with Crippen LogP contribution in [-0.4, -0.2) is 39.0 Å². The van der Waals surface area contributed by atoms with E-state index in [0.29, 0.717) is 18.8 Å². The third kappa shape index (κ3) is 2.50. The normalized spacial score (nSPS) is 17.4. The Hall–Kier alpha value is -2.21. The van der Waals surface area contributed by atoms with E-state index in [4.69, 9.17) is 4.74 Å². The average molecular weight is 300 g/mol. The lowest BCUT2D eigenvalue weighted by molar-refractivity contribution is 0.0626. The fourth-order valence-electron chi connectivity index (χ4n) is 2.84. The summed E-state index contributed by atoms with van der Waals surface area (Å²) in [5.41, 5.74) is 2.57. The number of nitrogens with zero attached hydrogens (tertiary/aromatic N) is 4. The van der Waals surface area contributed by atoms with E-state index in [-0.39, 0.29) is 11.9 Å². The number of pyridine rings is 1. The van der Waals surface area contributed by atoms with E-state index in [1.807, 2.05) is 31.0 Å². The molecule has 1 atom stereocenters. The SMILES string of the molecule is COCc1cnc2n1CCN(C(=O)c1ccc(C)cn1)[C@@H]2C. The molecule has 6 heteroatoms. The van der Waals surface area contributed by atoms with E-state index in [9.17, 15) is 4.79 Å². The lowest BCUT2D eigenvalue weighted by Gasteiger charge is -2.34. The second-order valence-electron chi connectivity index (χ2n) is 5.59. The molecule has 6 nitrogen and oxygen atoms in total. The number of carbonyl (C=O) groups is 1. The number of methoxy groups -OCH3 is 1. The Morgan fingerprint density at radius 1 is 1.32 bits per heavy atom. The van der Waals surface area contributed by atoms with Gasteiger partial charge in [0.05, 0.1) is 24.5 Å². The van der Waals surface area contributed by atoms with Gasteiger partial charge < -0.3 is 14.2 Å². The first-order valence-corrected chi connectivity index (χ1v) is 7.38. The van der Waals surface area contributed by atoms with Gasteiger partial charge in [-0.15, -0.1) is 0 Å². The first-order chi connectivity index (χ1) is 10.6. The summed E-state index contributed by atoms with van der Waals surface area (Å²) in [5.74, 6) is 0.855. The molecular weight excluding hydrogens is 280 g/mol. The standard InChI is InChI=1S/C16H20N4O2/c1-11-4-5-14(17-8-11)16(21)19-6-7-20-13(10-22-3)9-18-15(20)12(19)2/h4-5,8-9,12H,6-7,10H2,1-3H3/t12-/m1/s1. The van der Waals surface area contributed by atoms with Crippen molar-refractivity contribution in [2.75, 3.05) is 13.7 Å². The number of fused-ring (bicyclic) bond motifs is 1. The van der Waals surface area contributed by atoms with Crippen LogP contribution in [0, 0.1) is 6.92 Å². The molecule has 0 bridgehead atoms. The van der Waals surface area contributed by atoms with Crippen molar-refractivity contribution in [1.82, 2.24) is 19.4 Å². The smallest absolute Gasteiger partial charge is 0.273 e. The van der Waals surface area contributed by atoms with Crippen molar-refractivity contribution in [2.24, 2.45) is 0 Å². The van der Waals surface area contributed by atoms with Gasteiger partial charge in [-0.05, 0) is 25.5 Å². The number of hydrogen-bond donors (Lipinski definition) is 0. The largest absolute Gasteiger partial charge is 0.378 e. The van der Waals surface area contributed by atoms with Gasteiger partial charge in [0, 0.05) is 26.4 Å². The fourth-order valence-corrected chi connectivity index (χ4v) is 2.84. The zero-order valence-corrected chi connectivity index (χ0v) is 13.1. The number of carbonyl (C=O) groups excluding carboxylic acids is 1. The summed E-state index contributed by atoms with van der Waals surface area (Å²) in [6.45, 7) is 5.87. The van der Waals surface area contributed by atoms with Gasteiger partial charge in [0.1, 0.15) is 11.5 Å². The minimum Gasteiger partial charge on any atom is -0.378 e. The molecular formula is C16H20N4O2. The number of aryl methyl sites for hydroxylation is 1. The van der Waals surface area contributed by atoms with Crippen LogP contribution in [0.1, 0.15) is 40.5 Å². The summed E-state index contributed by atoms with van der Waals surface area (Å²) in [4.78, 5) is 23.2. The Balaban J connectivity index is 1.84. The Bertz CT molecular complexity index is 678. The molecule has 0 fully saturated rings. The van der Waals surface area contributed by atoms with Crippen molar-refractivity contribution in [3.05, 3.63) is 47.3 Å². The van der Waals surface area contributed by atoms with Crippen LogP contribution in [0.3, 0.4) is 0 Å². The fraction of sp³-hybridized carbons (Fsp3) is 0.438. The average Bonchev–Trinajstić information content (AvgIpc) is 2.92. The number of ether oxygens (including phenoxy) is 1. The maximum Gasteiger partial charge on any atom is 0.273 e. The lowest BCUT2D eigenvalue weighted by Crippen LogP contribution is -2.41. The Labute approximate surface area is 129 Å². The summed E-state index contributed by atoms with van der Waals surface area (Å²) in [6.07, 6.45) is 3.55. The zero-order chi connectivity index (χ0) is 15.7. The van der Waals surface area contributed by atoms with Crippen LogP contribution >= 0.6 is 0 Å². The quantitative estimate of drug-likeness (QED) is 0.869. The van der Waals surface area contributed by atoms with Crippen molar-refractivity contribution >= 4 is 5.91 Å². The topological polar surface area (TPSA) is 60.2 Å². The lowest BCUT2D eigenvalue weighted by atomic mass is 10.1. The van der Waals surface area contributed by atoms with Crippen molar-refractivity contribution in [3.63, 3.8) is 0 Å². The van der Waals surface area contributed by atoms with E-state index >= 15 is 0 Å². The van der Waals surface area contributed by atoms with Gasteiger partial charge in [-0.25, -0.2) is 4.98 Å². The van der Waals surface area contributed by atoms with Crippen LogP contribution < -0.4 is 0 Å².